The third-order valence-electron chi connectivity index (χ3n) is 3.81. The lowest BCUT2D eigenvalue weighted by molar-refractivity contribution is 0.234. The minimum Gasteiger partial charge on any atom is -0.492 e. The van der Waals surface area contributed by atoms with Crippen LogP contribution in [-0.2, 0) is 6.54 Å². The summed E-state index contributed by atoms with van der Waals surface area (Å²) >= 11 is 0. The van der Waals surface area contributed by atoms with E-state index in [0.29, 0.717) is 0 Å². The van der Waals surface area contributed by atoms with Crippen molar-refractivity contribution in [2.24, 2.45) is 0 Å². The molecule has 0 spiro atoms. The molecule has 1 saturated carbocycles. The van der Waals surface area contributed by atoms with E-state index in [-0.39, 0.29) is 0 Å². The van der Waals surface area contributed by atoms with Crippen molar-refractivity contribution in [3.8, 4) is 5.75 Å². The number of unbranched alkanes of at least 4 members (excludes halogenated alkanes) is 1. The van der Waals surface area contributed by atoms with E-state index in [2.05, 4.69) is 42.0 Å². The van der Waals surface area contributed by atoms with E-state index in [1.54, 1.807) is 0 Å². The summed E-state index contributed by atoms with van der Waals surface area (Å²) in [7, 11) is 2.15. The van der Waals surface area contributed by atoms with Gasteiger partial charge in [0, 0.05) is 24.7 Å². The van der Waals surface area contributed by atoms with Crippen LogP contribution in [0.1, 0.15) is 31.2 Å². The summed E-state index contributed by atoms with van der Waals surface area (Å²) in [5.41, 5.74) is 1.26. The molecule has 0 atom stereocenters. The van der Waals surface area contributed by atoms with E-state index in [4.69, 9.17) is 4.74 Å². The molecule has 1 N–H and O–H groups in total. The highest BCUT2D eigenvalue weighted by atomic mass is 16.5. The Hall–Kier alpha value is -1.32. The average Bonchev–Trinajstić information content (AvgIpc) is 3.31. The summed E-state index contributed by atoms with van der Waals surface area (Å²) in [6.45, 7) is 7.47. The van der Waals surface area contributed by atoms with Gasteiger partial charge >= 0.3 is 0 Å². The third-order valence-corrected chi connectivity index (χ3v) is 3.81. The summed E-state index contributed by atoms with van der Waals surface area (Å²) in [5.74, 6) is 1.02. The van der Waals surface area contributed by atoms with Crippen LogP contribution in [0.3, 0.4) is 0 Å². The van der Waals surface area contributed by atoms with Crippen LogP contribution in [0.25, 0.3) is 0 Å². The van der Waals surface area contributed by atoms with Gasteiger partial charge in [-0.3, -0.25) is 0 Å². The summed E-state index contributed by atoms with van der Waals surface area (Å²) in [6.07, 6.45) is 6.87. The van der Waals surface area contributed by atoms with Gasteiger partial charge in [-0.05, 0) is 45.3 Å². The molecule has 116 valence electrons. The molecule has 0 bridgehead atoms. The molecule has 21 heavy (non-hydrogen) atoms. The number of allylic oxidation sites excluding steroid dienone is 1. The lowest BCUT2D eigenvalue weighted by Gasteiger charge is -2.17. The molecular weight excluding hydrogens is 260 g/mol. The topological polar surface area (TPSA) is 24.5 Å². The number of ether oxygens (including phenoxy) is 1. The number of hydrogen-bond donors (Lipinski definition) is 1. The molecule has 0 radical (unpaired) electrons. The Morgan fingerprint density at radius 1 is 1.33 bits per heavy atom. The predicted molar refractivity (Wildman–Crippen MR) is 88.7 cm³/mol. The number of para-hydroxylation sites is 1. The zero-order valence-electron chi connectivity index (χ0n) is 13.2. The molecule has 1 aliphatic rings. The van der Waals surface area contributed by atoms with Gasteiger partial charge in [0.25, 0.3) is 0 Å². The highest BCUT2D eigenvalue weighted by Crippen LogP contribution is 2.22. The highest BCUT2D eigenvalue weighted by molar-refractivity contribution is 5.33. The quantitative estimate of drug-likeness (QED) is 0.500. The van der Waals surface area contributed by atoms with Crippen molar-refractivity contribution >= 4 is 0 Å². The Bertz CT molecular complexity index is 429. The fourth-order valence-electron chi connectivity index (χ4n) is 2.26. The Kier molecular flexibility index (Phi) is 6.77. The van der Waals surface area contributed by atoms with Crippen molar-refractivity contribution in [2.45, 2.75) is 38.3 Å². The first-order valence-corrected chi connectivity index (χ1v) is 8.03. The zero-order valence-corrected chi connectivity index (χ0v) is 13.2. The molecule has 2 rings (SSSR count). The van der Waals surface area contributed by atoms with Crippen molar-refractivity contribution in [2.75, 3.05) is 26.7 Å². The Morgan fingerprint density at radius 3 is 2.90 bits per heavy atom. The molecule has 0 aliphatic heterocycles. The van der Waals surface area contributed by atoms with E-state index >= 15 is 0 Å². The molecule has 1 aliphatic carbocycles. The number of nitrogens with one attached hydrogen (secondary N) is 1. The first-order valence-electron chi connectivity index (χ1n) is 8.03. The molecule has 3 nitrogen and oxygen atoms in total. The van der Waals surface area contributed by atoms with Crippen molar-refractivity contribution in [3.63, 3.8) is 0 Å². The highest BCUT2D eigenvalue weighted by Gasteiger charge is 2.20. The van der Waals surface area contributed by atoms with Gasteiger partial charge in [-0.2, -0.15) is 0 Å². The molecule has 1 aromatic carbocycles. The Morgan fingerprint density at radius 2 is 2.14 bits per heavy atom. The second kappa shape index (κ2) is 8.85. The van der Waals surface area contributed by atoms with Crippen LogP contribution in [0.2, 0.25) is 0 Å². The first-order chi connectivity index (χ1) is 10.3. The van der Waals surface area contributed by atoms with Crippen molar-refractivity contribution in [1.29, 1.82) is 0 Å². The molecule has 0 aromatic heterocycles. The molecule has 0 heterocycles. The number of rotatable bonds is 11. The molecule has 3 heteroatoms. The minimum atomic E-state index is 0.731. The normalized spacial score (nSPS) is 14.4. The van der Waals surface area contributed by atoms with Crippen LogP contribution in [-0.4, -0.2) is 37.7 Å². The predicted octanol–water partition coefficient (Wildman–Crippen LogP) is 3.22. The summed E-state index contributed by atoms with van der Waals surface area (Å²) in [4.78, 5) is 2.31. The van der Waals surface area contributed by atoms with Gasteiger partial charge in [0.15, 0.2) is 0 Å². The number of hydrogen-bond acceptors (Lipinski definition) is 3. The van der Waals surface area contributed by atoms with E-state index in [1.807, 2.05) is 12.1 Å². The smallest absolute Gasteiger partial charge is 0.123 e. The molecule has 0 amide bonds. The lowest BCUT2D eigenvalue weighted by Crippen LogP contribution is -2.25. The Balaban J connectivity index is 1.70. The van der Waals surface area contributed by atoms with Crippen LogP contribution in [0, 0.1) is 0 Å². The number of benzene rings is 1. The second-order valence-corrected chi connectivity index (χ2v) is 5.85. The first kappa shape index (κ1) is 16.1. The zero-order chi connectivity index (χ0) is 14.9. The van der Waals surface area contributed by atoms with E-state index in [9.17, 15) is 0 Å². The maximum absolute atomic E-state index is 5.96. The van der Waals surface area contributed by atoms with E-state index in [1.165, 1.54) is 24.8 Å². The molecule has 1 fully saturated rings. The van der Waals surface area contributed by atoms with Crippen LogP contribution < -0.4 is 10.1 Å². The number of nitrogens with zero attached hydrogens (tertiary/aromatic N) is 1. The standard InChI is InChI=1S/C18H28N2O/c1-3-4-7-12-20(2)13-14-21-18-9-6-5-8-16(18)15-19-17-10-11-17/h3,5-6,8-9,17,19H,1,4,7,10-15H2,2H3. The van der Waals surface area contributed by atoms with Gasteiger partial charge in [-0.1, -0.05) is 24.3 Å². The second-order valence-electron chi connectivity index (χ2n) is 5.85. The van der Waals surface area contributed by atoms with Crippen molar-refractivity contribution < 1.29 is 4.74 Å². The van der Waals surface area contributed by atoms with E-state index < -0.39 is 0 Å². The molecule has 0 saturated heterocycles. The van der Waals surface area contributed by atoms with Gasteiger partial charge in [0.05, 0.1) is 0 Å². The summed E-state index contributed by atoms with van der Waals surface area (Å²) < 4.78 is 5.96. The Labute approximate surface area is 129 Å². The minimum absolute atomic E-state index is 0.731. The largest absolute Gasteiger partial charge is 0.492 e. The summed E-state index contributed by atoms with van der Waals surface area (Å²) in [6, 6.07) is 9.08. The van der Waals surface area contributed by atoms with Gasteiger partial charge < -0.3 is 15.0 Å². The molecule has 0 unspecified atom stereocenters. The van der Waals surface area contributed by atoms with Crippen molar-refractivity contribution in [3.05, 3.63) is 42.5 Å². The molecule has 1 aromatic rings. The molecular formula is C18H28N2O. The van der Waals surface area contributed by atoms with Crippen LogP contribution in [0.5, 0.6) is 5.75 Å². The van der Waals surface area contributed by atoms with Gasteiger partial charge in [0.1, 0.15) is 12.4 Å². The SMILES string of the molecule is C=CCCCN(C)CCOc1ccccc1CNC1CC1. The van der Waals surface area contributed by atoms with Crippen LogP contribution in [0.15, 0.2) is 36.9 Å². The monoisotopic (exact) mass is 288 g/mol. The van der Waals surface area contributed by atoms with Crippen molar-refractivity contribution in [1.82, 2.24) is 10.2 Å². The fourth-order valence-corrected chi connectivity index (χ4v) is 2.26. The maximum atomic E-state index is 5.96. The summed E-state index contributed by atoms with van der Waals surface area (Å²) in [5, 5.41) is 3.55. The van der Waals surface area contributed by atoms with E-state index in [0.717, 1.165) is 44.5 Å². The van der Waals surface area contributed by atoms with Gasteiger partial charge in [-0.15, -0.1) is 6.58 Å². The maximum Gasteiger partial charge on any atom is 0.123 e. The van der Waals surface area contributed by atoms with Gasteiger partial charge in [-0.25, -0.2) is 0 Å². The third kappa shape index (κ3) is 6.32. The number of likely N-dealkylation sites (N-methyl/N-ethyl adjacent to an activating group) is 1. The van der Waals surface area contributed by atoms with Crippen LogP contribution >= 0.6 is 0 Å². The van der Waals surface area contributed by atoms with Gasteiger partial charge in [0.2, 0.25) is 0 Å². The van der Waals surface area contributed by atoms with Crippen LogP contribution in [0.4, 0.5) is 0 Å². The lowest BCUT2D eigenvalue weighted by atomic mass is 10.2. The fraction of sp³-hybridized carbons (Fsp3) is 0.556. The average molecular weight is 288 g/mol.